The number of nitrogens with zero attached hydrogens (tertiary/aromatic N) is 5. The fourth-order valence-electron chi connectivity index (χ4n) is 4.65. The summed E-state index contributed by atoms with van der Waals surface area (Å²) in [6, 6.07) is 2.98. The highest BCUT2D eigenvalue weighted by Crippen LogP contribution is 2.50. The standard InChI is InChI=1S/C24H26FN7O4/c1-35-15-10-26-20(27-11-15)13-29-22(33)14-3-6-32(24(9-14)4-5-24)23(34)19-8-18(30-31-19)16-7-21(36-2)28-12-17(16)25/h7-8,10-12,14H,3-6,9,13H2,1-2H3,(H,29,33)(H,30,31)/t14-/m0/s1. The molecule has 2 N–H and O–H groups in total. The van der Waals surface area contributed by atoms with Gasteiger partial charge in [-0.1, -0.05) is 0 Å². The largest absolute Gasteiger partial charge is 0.494 e. The van der Waals surface area contributed by atoms with E-state index in [1.54, 1.807) is 12.4 Å². The zero-order valence-corrected chi connectivity index (χ0v) is 20.0. The van der Waals surface area contributed by atoms with Crippen LogP contribution in [0.1, 0.15) is 42.0 Å². The van der Waals surface area contributed by atoms with Crippen molar-refractivity contribution in [1.82, 2.24) is 35.4 Å². The first-order chi connectivity index (χ1) is 17.4. The fourth-order valence-corrected chi connectivity index (χ4v) is 4.65. The molecule has 2 fully saturated rings. The molecule has 3 aromatic heterocycles. The summed E-state index contributed by atoms with van der Waals surface area (Å²) in [7, 11) is 2.98. The van der Waals surface area contributed by atoms with Crippen LogP contribution < -0.4 is 14.8 Å². The highest BCUT2D eigenvalue weighted by Gasteiger charge is 2.54. The van der Waals surface area contributed by atoms with Gasteiger partial charge in [0, 0.05) is 29.6 Å². The second kappa shape index (κ2) is 9.51. The van der Waals surface area contributed by atoms with Gasteiger partial charge < -0.3 is 19.7 Å². The third-order valence-electron chi connectivity index (χ3n) is 6.81. The van der Waals surface area contributed by atoms with E-state index in [-0.39, 0.29) is 47.0 Å². The van der Waals surface area contributed by atoms with Gasteiger partial charge >= 0.3 is 0 Å². The van der Waals surface area contributed by atoms with Crippen LogP contribution in [0.3, 0.4) is 0 Å². The molecule has 0 unspecified atom stereocenters. The van der Waals surface area contributed by atoms with Crippen LogP contribution in [0.25, 0.3) is 11.3 Å². The van der Waals surface area contributed by atoms with Crippen LogP contribution in [0.4, 0.5) is 4.39 Å². The number of halogens is 1. The predicted octanol–water partition coefficient (Wildman–Crippen LogP) is 2.12. The van der Waals surface area contributed by atoms with E-state index in [4.69, 9.17) is 9.47 Å². The summed E-state index contributed by atoms with van der Waals surface area (Å²) in [5, 5.41) is 9.79. The summed E-state index contributed by atoms with van der Waals surface area (Å²) in [6.07, 6.45) is 6.95. The van der Waals surface area contributed by atoms with Crippen LogP contribution in [0.15, 0.2) is 30.7 Å². The van der Waals surface area contributed by atoms with E-state index in [9.17, 15) is 14.0 Å². The van der Waals surface area contributed by atoms with Crippen LogP contribution in [-0.2, 0) is 11.3 Å². The van der Waals surface area contributed by atoms with E-state index in [2.05, 4.69) is 30.5 Å². The Bertz CT molecular complexity index is 1280. The number of aromatic nitrogens is 5. The Hall–Kier alpha value is -4.09. The molecule has 1 aliphatic carbocycles. The van der Waals surface area contributed by atoms with Crippen molar-refractivity contribution in [3.05, 3.63) is 48.1 Å². The normalized spacial score (nSPS) is 18.1. The van der Waals surface area contributed by atoms with E-state index in [1.807, 2.05) is 4.90 Å². The Morgan fingerprint density at radius 2 is 1.94 bits per heavy atom. The van der Waals surface area contributed by atoms with Gasteiger partial charge in [0.15, 0.2) is 17.3 Å². The first-order valence-corrected chi connectivity index (χ1v) is 11.6. The van der Waals surface area contributed by atoms with Gasteiger partial charge in [0.1, 0.15) is 5.82 Å². The lowest BCUT2D eigenvalue weighted by Gasteiger charge is -2.39. The molecular formula is C24H26FN7O4. The quantitative estimate of drug-likeness (QED) is 0.509. The van der Waals surface area contributed by atoms with Gasteiger partial charge in [0.25, 0.3) is 5.91 Å². The molecule has 36 heavy (non-hydrogen) atoms. The summed E-state index contributed by atoms with van der Waals surface area (Å²) >= 11 is 0. The number of carbonyl (C=O) groups is 2. The molecule has 2 amide bonds. The lowest BCUT2D eigenvalue weighted by atomic mass is 9.88. The van der Waals surface area contributed by atoms with Gasteiger partial charge in [-0.15, -0.1) is 0 Å². The number of H-pyrrole nitrogens is 1. The first-order valence-electron chi connectivity index (χ1n) is 11.6. The molecule has 1 aliphatic heterocycles. The predicted molar refractivity (Wildman–Crippen MR) is 124 cm³/mol. The zero-order chi connectivity index (χ0) is 25.3. The highest BCUT2D eigenvalue weighted by molar-refractivity contribution is 5.94. The lowest BCUT2D eigenvalue weighted by Crippen LogP contribution is -2.50. The minimum Gasteiger partial charge on any atom is -0.494 e. The molecule has 188 valence electrons. The maximum Gasteiger partial charge on any atom is 0.274 e. The Labute approximate surface area is 206 Å². The van der Waals surface area contributed by atoms with Crippen molar-refractivity contribution in [2.45, 2.75) is 37.8 Å². The van der Waals surface area contributed by atoms with Gasteiger partial charge in [-0.3, -0.25) is 14.7 Å². The Morgan fingerprint density at radius 3 is 2.64 bits per heavy atom. The van der Waals surface area contributed by atoms with Crippen LogP contribution >= 0.6 is 0 Å². The minimum absolute atomic E-state index is 0.0723. The van der Waals surface area contributed by atoms with E-state index in [0.717, 1.165) is 19.0 Å². The van der Waals surface area contributed by atoms with Crippen molar-refractivity contribution in [2.24, 2.45) is 5.92 Å². The number of rotatable bonds is 7. The monoisotopic (exact) mass is 495 g/mol. The van der Waals surface area contributed by atoms with Crippen molar-refractivity contribution in [3.63, 3.8) is 0 Å². The summed E-state index contributed by atoms with van der Waals surface area (Å²) in [5.41, 5.74) is 0.422. The number of nitrogens with one attached hydrogen (secondary N) is 2. The maximum atomic E-state index is 14.3. The summed E-state index contributed by atoms with van der Waals surface area (Å²) in [4.78, 5) is 40.2. The number of hydrogen-bond acceptors (Lipinski definition) is 8. The molecule has 1 saturated carbocycles. The molecule has 4 heterocycles. The number of ether oxygens (including phenoxy) is 2. The van der Waals surface area contributed by atoms with Crippen LogP contribution in [0, 0.1) is 11.7 Å². The van der Waals surface area contributed by atoms with E-state index >= 15 is 0 Å². The molecule has 1 spiro atoms. The maximum absolute atomic E-state index is 14.3. The second-order valence-electron chi connectivity index (χ2n) is 9.00. The van der Waals surface area contributed by atoms with Gasteiger partial charge in [-0.05, 0) is 31.7 Å². The third-order valence-corrected chi connectivity index (χ3v) is 6.81. The number of aromatic amines is 1. The Balaban J connectivity index is 1.23. The van der Waals surface area contributed by atoms with E-state index in [0.29, 0.717) is 36.7 Å². The van der Waals surface area contributed by atoms with Crippen molar-refractivity contribution in [2.75, 3.05) is 20.8 Å². The zero-order valence-electron chi connectivity index (χ0n) is 20.0. The van der Waals surface area contributed by atoms with Crippen LogP contribution in [0.5, 0.6) is 11.6 Å². The fraction of sp³-hybridized carbons (Fsp3) is 0.417. The van der Waals surface area contributed by atoms with Crippen LogP contribution in [-0.4, -0.2) is 68.2 Å². The van der Waals surface area contributed by atoms with Crippen LogP contribution in [0.2, 0.25) is 0 Å². The summed E-state index contributed by atoms with van der Waals surface area (Å²) in [6.45, 7) is 0.664. The molecule has 11 nitrogen and oxygen atoms in total. The average molecular weight is 496 g/mol. The number of methoxy groups -OCH3 is 2. The Kier molecular flexibility index (Phi) is 6.25. The first kappa shape index (κ1) is 23.6. The van der Waals surface area contributed by atoms with Crippen molar-refractivity contribution in [3.8, 4) is 22.9 Å². The topological polar surface area (TPSA) is 135 Å². The van der Waals surface area contributed by atoms with Gasteiger partial charge in [0.05, 0.1) is 45.0 Å². The number of carbonyl (C=O) groups excluding carboxylic acids is 2. The number of likely N-dealkylation sites (tertiary alicyclic amines) is 1. The summed E-state index contributed by atoms with van der Waals surface area (Å²) < 4.78 is 24.4. The lowest BCUT2D eigenvalue weighted by molar-refractivity contribution is -0.127. The van der Waals surface area contributed by atoms with E-state index < -0.39 is 5.82 Å². The SMILES string of the molecule is COc1cnc(CNC(=O)[C@H]2CCN(C(=O)c3cc(-c4cc(OC)ncc4F)[nH]n3)C3(CC3)C2)nc1. The summed E-state index contributed by atoms with van der Waals surface area (Å²) in [5.74, 6) is 0.235. The molecule has 3 aromatic rings. The molecule has 0 aromatic carbocycles. The van der Waals surface area contributed by atoms with E-state index in [1.165, 1.54) is 26.4 Å². The third kappa shape index (κ3) is 4.58. The van der Waals surface area contributed by atoms with Gasteiger partial charge in [-0.2, -0.15) is 5.10 Å². The molecule has 2 aliphatic rings. The molecule has 1 atom stereocenters. The number of piperidine rings is 1. The molecule has 12 heteroatoms. The van der Waals surface area contributed by atoms with Gasteiger partial charge in [-0.25, -0.2) is 19.3 Å². The van der Waals surface area contributed by atoms with Gasteiger partial charge in [0.2, 0.25) is 11.8 Å². The minimum atomic E-state index is -0.552. The van der Waals surface area contributed by atoms with Crippen molar-refractivity contribution in [1.29, 1.82) is 0 Å². The number of hydrogen-bond donors (Lipinski definition) is 2. The molecule has 1 saturated heterocycles. The average Bonchev–Trinajstić information content (AvgIpc) is 3.48. The Morgan fingerprint density at radius 1 is 1.17 bits per heavy atom. The molecule has 0 bridgehead atoms. The molecule has 0 radical (unpaired) electrons. The second-order valence-corrected chi connectivity index (χ2v) is 9.00. The van der Waals surface area contributed by atoms with Crippen molar-refractivity contribution < 1.29 is 23.5 Å². The molecular weight excluding hydrogens is 469 g/mol. The highest BCUT2D eigenvalue weighted by atomic mass is 19.1. The number of amides is 2. The smallest absolute Gasteiger partial charge is 0.274 e. The number of pyridine rings is 1. The molecule has 5 rings (SSSR count). The van der Waals surface area contributed by atoms with Crippen molar-refractivity contribution >= 4 is 11.8 Å².